The molecular formula is C20H21BFN5O4S2. The second-order valence-corrected chi connectivity index (χ2v) is 10.0. The molecule has 0 spiro atoms. The van der Waals surface area contributed by atoms with Crippen molar-refractivity contribution in [1.29, 1.82) is 0 Å². The Morgan fingerprint density at radius 3 is 2.82 bits per heavy atom. The van der Waals surface area contributed by atoms with E-state index in [2.05, 4.69) is 9.71 Å². The van der Waals surface area contributed by atoms with Gasteiger partial charge in [0.05, 0.1) is 18.7 Å². The number of carbonyl (C=O) groups excluding carboxylic acids is 1. The maximum absolute atomic E-state index is 13.8. The standard InChI is InChI=1S/C20H21BFN5O4S2/c1-3-31-20(28)16-15-11-26(33(29,30)23-2)7-8-27(15)18(19-24-6-9-32-19)25-17(16)13-5-4-12(22)10-14(13)21/h4-6,9-10,17,23H,3,7-8,11H2,1-2H3/t17-/m0/s1. The minimum Gasteiger partial charge on any atom is -0.463 e. The monoisotopic (exact) mass is 489 g/mol. The Bertz CT molecular complexity index is 1230. The van der Waals surface area contributed by atoms with E-state index >= 15 is 0 Å². The number of nitrogens with one attached hydrogen (secondary N) is 1. The van der Waals surface area contributed by atoms with Crippen molar-refractivity contribution in [3.8, 4) is 0 Å². The lowest BCUT2D eigenvalue weighted by atomic mass is 9.83. The molecule has 172 valence electrons. The molecule has 0 aliphatic carbocycles. The Hall–Kier alpha value is -2.61. The molecule has 9 nitrogen and oxygen atoms in total. The van der Waals surface area contributed by atoms with Crippen LogP contribution >= 0.6 is 11.3 Å². The molecule has 0 amide bonds. The Morgan fingerprint density at radius 2 is 2.18 bits per heavy atom. The zero-order chi connectivity index (χ0) is 23.8. The van der Waals surface area contributed by atoms with Crippen LogP contribution < -0.4 is 10.2 Å². The van der Waals surface area contributed by atoms with E-state index in [1.165, 1.54) is 34.8 Å². The van der Waals surface area contributed by atoms with Gasteiger partial charge in [-0.3, -0.25) is 4.99 Å². The second kappa shape index (κ2) is 9.33. The molecule has 1 saturated heterocycles. The fourth-order valence-electron chi connectivity index (χ4n) is 3.85. The molecule has 1 N–H and O–H groups in total. The van der Waals surface area contributed by atoms with Gasteiger partial charge >= 0.3 is 5.97 Å². The number of aromatic nitrogens is 1. The predicted molar refractivity (Wildman–Crippen MR) is 123 cm³/mol. The molecule has 13 heteroatoms. The van der Waals surface area contributed by atoms with Gasteiger partial charge in [-0.1, -0.05) is 11.5 Å². The number of esters is 1. The van der Waals surface area contributed by atoms with Crippen LogP contribution in [0.5, 0.6) is 0 Å². The summed E-state index contributed by atoms with van der Waals surface area (Å²) in [6.07, 6.45) is 1.63. The molecule has 1 fully saturated rings. The topological polar surface area (TPSA) is 104 Å². The van der Waals surface area contributed by atoms with Crippen molar-refractivity contribution < 1.29 is 22.3 Å². The number of halogens is 1. The molecular weight excluding hydrogens is 468 g/mol. The largest absolute Gasteiger partial charge is 0.463 e. The first-order chi connectivity index (χ1) is 15.8. The van der Waals surface area contributed by atoms with Crippen molar-refractivity contribution in [3.05, 3.63) is 57.4 Å². The highest BCUT2D eigenvalue weighted by Crippen LogP contribution is 2.37. The summed E-state index contributed by atoms with van der Waals surface area (Å²) >= 11 is 1.36. The fourth-order valence-corrected chi connectivity index (χ4v) is 5.37. The van der Waals surface area contributed by atoms with E-state index in [1.807, 2.05) is 0 Å². The van der Waals surface area contributed by atoms with Gasteiger partial charge in [-0.2, -0.15) is 12.7 Å². The lowest BCUT2D eigenvalue weighted by Crippen LogP contribution is -2.54. The number of benzene rings is 1. The number of thiazole rings is 1. The molecule has 0 saturated carbocycles. The summed E-state index contributed by atoms with van der Waals surface area (Å²) in [5.74, 6) is -0.674. The Balaban J connectivity index is 1.93. The summed E-state index contributed by atoms with van der Waals surface area (Å²) in [6.45, 7) is 2.13. The SMILES string of the molecule is [B]c1cc(F)ccc1[C@@H]1N=C(c2nccs2)N2CCN(S(=O)(=O)NC)CC2=C1C(=O)OCC. The minimum absolute atomic E-state index is 0.0840. The number of fused-ring (bicyclic) bond motifs is 1. The van der Waals surface area contributed by atoms with Gasteiger partial charge in [0, 0.05) is 37.4 Å². The lowest BCUT2D eigenvalue weighted by molar-refractivity contribution is -0.139. The first-order valence-electron chi connectivity index (χ1n) is 10.2. The number of amidine groups is 1. The van der Waals surface area contributed by atoms with E-state index in [1.54, 1.807) is 23.4 Å². The first kappa shape index (κ1) is 23.5. The molecule has 33 heavy (non-hydrogen) atoms. The second-order valence-electron chi connectivity index (χ2n) is 7.24. The molecule has 1 aromatic heterocycles. The number of hydrogen-bond acceptors (Lipinski definition) is 8. The van der Waals surface area contributed by atoms with Crippen LogP contribution in [-0.4, -0.2) is 75.5 Å². The summed E-state index contributed by atoms with van der Waals surface area (Å²) in [4.78, 5) is 24.1. The van der Waals surface area contributed by atoms with Crippen molar-refractivity contribution in [3.63, 3.8) is 0 Å². The van der Waals surface area contributed by atoms with Crippen molar-refractivity contribution >= 4 is 46.7 Å². The molecule has 4 rings (SSSR count). The zero-order valence-corrected chi connectivity index (χ0v) is 19.6. The van der Waals surface area contributed by atoms with E-state index in [0.29, 0.717) is 22.1 Å². The highest BCUT2D eigenvalue weighted by Gasteiger charge is 2.41. The Labute approximate surface area is 196 Å². The lowest BCUT2D eigenvalue weighted by Gasteiger charge is -2.42. The molecule has 1 atom stereocenters. The highest BCUT2D eigenvalue weighted by atomic mass is 32.2. The highest BCUT2D eigenvalue weighted by molar-refractivity contribution is 7.87. The molecule has 1 aromatic carbocycles. The predicted octanol–water partition coefficient (Wildman–Crippen LogP) is 0.476. The number of aliphatic imine (C=N–C) groups is 1. The van der Waals surface area contributed by atoms with E-state index in [-0.39, 0.29) is 37.3 Å². The fraction of sp³-hybridized carbons (Fsp3) is 0.350. The van der Waals surface area contributed by atoms with Crippen LogP contribution in [0.25, 0.3) is 0 Å². The van der Waals surface area contributed by atoms with E-state index in [4.69, 9.17) is 17.6 Å². The van der Waals surface area contributed by atoms with Crippen molar-refractivity contribution in [2.45, 2.75) is 13.0 Å². The normalized spacial score (nSPS) is 19.3. The van der Waals surface area contributed by atoms with Crippen LogP contribution in [0.4, 0.5) is 4.39 Å². The zero-order valence-electron chi connectivity index (χ0n) is 18.0. The van der Waals surface area contributed by atoms with Gasteiger partial charge in [-0.15, -0.1) is 11.3 Å². The van der Waals surface area contributed by atoms with E-state index in [9.17, 15) is 17.6 Å². The number of rotatable bonds is 6. The van der Waals surface area contributed by atoms with Crippen LogP contribution in [0.15, 0.2) is 46.0 Å². The smallest absolute Gasteiger partial charge is 0.338 e. The minimum atomic E-state index is -3.76. The van der Waals surface area contributed by atoms with Gasteiger partial charge in [0.25, 0.3) is 10.2 Å². The summed E-state index contributed by atoms with van der Waals surface area (Å²) in [5, 5.41) is 2.40. The van der Waals surface area contributed by atoms with Crippen LogP contribution in [0.2, 0.25) is 0 Å². The third-order valence-corrected chi connectivity index (χ3v) is 7.65. The maximum Gasteiger partial charge on any atom is 0.338 e. The van der Waals surface area contributed by atoms with Crippen LogP contribution in [-0.2, 0) is 19.7 Å². The van der Waals surface area contributed by atoms with Crippen molar-refractivity contribution in [2.24, 2.45) is 4.99 Å². The maximum atomic E-state index is 13.8. The molecule has 3 heterocycles. The quantitative estimate of drug-likeness (QED) is 0.468. The van der Waals surface area contributed by atoms with Crippen LogP contribution in [0.3, 0.4) is 0 Å². The third kappa shape index (κ3) is 4.45. The Kier molecular flexibility index (Phi) is 6.66. The van der Waals surface area contributed by atoms with E-state index < -0.39 is 28.0 Å². The van der Waals surface area contributed by atoms with Gasteiger partial charge in [0.2, 0.25) is 0 Å². The van der Waals surface area contributed by atoms with Gasteiger partial charge in [-0.05, 0) is 24.6 Å². The Morgan fingerprint density at radius 1 is 1.39 bits per heavy atom. The molecule has 2 radical (unpaired) electrons. The number of ether oxygens (including phenoxy) is 1. The molecule has 0 unspecified atom stereocenters. The summed E-state index contributed by atoms with van der Waals surface area (Å²) in [5.41, 5.74) is 1.11. The summed E-state index contributed by atoms with van der Waals surface area (Å²) in [6, 6.07) is 2.94. The first-order valence-corrected chi connectivity index (χ1v) is 12.5. The average Bonchev–Trinajstić information content (AvgIpc) is 3.32. The number of piperazine rings is 1. The van der Waals surface area contributed by atoms with Crippen molar-refractivity contribution in [2.75, 3.05) is 33.3 Å². The number of carbonyl (C=O) groups is 1. The van der Waals surface area contributed by atoms with Crippen LogP contribution in [0, 0.1) is 5.82 Å². The number of hydrogen-bond donors (Lipinski definition) is 1. The average molecular weight is 489 g/mol. The summed E-state index contributed by atoms with van der Waals surface area (Å²) < 4.78 is 47.7. The van der Waals surface area contributed by atoms with Gasteiger partial charge < -0.3 is 9.64 Å². The van der Waals surface area contributed by atoms with Gasteiger partial charge in [-0.25, -0.2) is 18.9 Å². The molecule has 0 bridgehead atoms. The molecule has 2 aliphatic rings. The third-order valence-electron chi connectivity index (χ3n) is 5.38. The molecule has 2 aliphatic heterocycles. The van der Waals surface area contributed by atoms with Gasteiger partial charge in [0.15, 0.2) is 10.8 Å². The van der Waals surface area contributed by atoms with Gasteiger partial charge in [0.1, 0.15) is 19.7 Å². The number of nitrogens with zero attached hydrogens (tertiary/aromatic N) is 4. The van der Waals surface area contributed by atoms with E-state index in [0.717, 1.165) is 6.07 Å². The summed E-state index contributed by atoms with van der Waals surface area (Å²) in [7, 11) is 3.68. The molecule has 2 aromatic rings. The van der Waals surface area contributed by atoms with Crippen LogP contribution in [0.1, 0.15) is 23.5 Å². The van der Waals surface area contributed by atoms with Crippen molar-refractivity contribution in [1.82, 2.24) is 18.9 Å².